The average molecular weight is 393 g/mol. The summed E-state index contributed by atoms with van der Waals surface area (Å²) >= 11 is 2.35. The lowest BCUT2D eigenvalue weighted by Crippen LogP contribution is -2.17. The van der Waals surface area contributed by atoms with Crippen molar-refractivity contribution in [2.45, 2.75) is 46.1 Å². The van der Waals surface area contributed by atoms with Crippen molar-refractivity contribution in [1.29, 1.82) is 0 Å². The van der Waals surface area contributed by atoms with E-state index in [9.17, 15) is 0 Å². The second kappa shape index (κ2) is 7.41. The maximum Gasteiger partial charge on any atom is 0.0557 e. The standard InChI is InChI=1S/C19H24IN/c1-4-13-10-14(5-2)18(15(6-3)11-13)19(21)16-8-7-9-17(20)12-16/h7-12,19H,4-6,21H2,1-3H3. The third-order valence-corrected chi connectivity index (χ3v) is 4.77. The molecule has 0 saturated carbocycles. The number of rotatable bonds is 5. The van der Waals surface area contributed by atoms with Crippen LogP contribution in [0.2, 0.25) is 0 Å². The Morgan fingerprint density at radius 1 is 0.952 bits per heavy atom. The quantitative estimate of drug-likeness (QED) is 0.709. The topological polar surface area (TPSA) is 26.0 Å². The summed E-state index contributed by atoms with van der Waals surface area (Å²) in [5.41, 5.74) is 13.4. The largest absolute Gasteiger partial charge is 0.320 e. The zero-order valence-electron chi connectivity index (χ0n) is 13.1. The van der Waals surface area contributed by atoms with Crippen LogP contribution in [0, 0.1) is 3.57 Å². The van der Waals surface area contributed by atoms with Crippen molar-refractivity contribution in [2.24, 2.45) is 5.73 Å². The molecule has 0 amide bonds. The normalized spacial score (nSPS) is 12.4. The number of halogens is 1. The molecule has 0 radical (unpaired) electrons. The average Bonchev–Trinajstić information content (AvgIpc) is 2.52. The molecule has 21 heavy (non-hydrogen) atoms. The van der Waals surface area contributed by atoms with Gasteiger partial charge in [-0.05, 0) is 81.8 Å². The molecule has 2 N–H and O–H groups in total. The second-order valence-electron chi connectivity index (χ2n) is 5.42. The lowest BCUT2D eigenvalue weighted by molar-refractivity contribution is 0.823. The van der Waals surface area contributed by atoms with Crippen LogP contribution in [0.4, 0.5) is 0 Å². The van der Waals surface area contributed by atoms with Gasteiger partial charge in [-0.3, -0.25) is 0 Å². The minimum absolute atomic E-state index is 0.0319. The molecule has 0 bridgehead atoms. The van der Waals surface area contributed by atoms with Gasteiger partial charge < -0.3 is 5.73 Å². The number of nitrogens with two attached hydrogens (primary N) is 1. The van der Waals surface area contributed by atoms with E-state index in [0.29, 0.717) is 0 Å². The fourth-order valence-electron chi connectivity index (χ4n) is 2.91. The maximum absolute atomic E-state index is 6.63. The van der Waals surface area contributed by atoms with Crippen LogP contribution < -0.4 is 5.73 Å². The predicted octanol–water partition coefficient (Wildman–Crippen LogP) is 5.03. The summed E-state index contributed by atoms with van der Waals surface area (Å²) in [7, 11) is 0. The van der Waals surface area contributed by atoms with Gasteiger partial charge in [0.2, 0.25) is 0 Å². The van der Waals surface area contributed by atoms with E-state index in [0.717, 1.165) is 19.3 Å². The maximum atomic E-state index is 6.63. The monoisotopic (exact) mass is 393 g/mol. The third kappa shape index (κ3) is 3.67. The molecule has 112 valence electrons. The zero-order valence-corrected chi connectivity index (χ0v) is 15.3. The molecular formula is C19H24IN. The molecule has 0 saturated heterocycles. The molecule has 0 fully saturated rings. The fourth-order valence-corrected chi connectivity index (χ4v) is 3.47. The van der Waals surface area contributed by atoms with Crippen LogP contribution in [-0.2, 0) is 19.3 Å². The van der Waals surface area contributed by atoms with Gasteiger partial charge in [0.25, 0.3) is 0 Å². The van der Waals surface area contributed by atoms with Crippen LogP contribution in [0.5, 0.6) is 0 Å². The van der Waals surface area contributed by atoms with E-state index in [1.807, 2.05) is 0 Å². The van der Waals surface area contributed by atoms with Crippen molar-refractivity contribution in [2.75, 3.05) is 0 Å². The molecule has 0 aliphatic rings. The molecule has 0 aliphatic carbocycles. The van der Waals surface area contributed by atoms with Crippen molar-refractivity contribution in [3.8, 4) is 0 Å². The second-order valence-corrected chi connectivity index (χ2v) is 6.67. The van der Waals surface area contributed by atoms with Gasteiger partial charge in [0.05, 0.1) is 6.04 Å². The highest BCUT2D eigenvalue weighted by Gasteiger charge is 2.17. The van der Waals surface area contributed by atoms with Gasteiger partial charge in [0, 0.05) is 3.57 Å². The molecule has 1 atom stereocenters. The lowest BCUT2D eigenvalue weighted by Gasteiger charge is -2.22. The summed E-state index contributed by atoms with van der Waals surface area (Å²) in [4.78, 5) is 0. The summed E-state index contributed by atoms with van der Waals surface area (Å²) in [5, 5.41) is 0. The summed E-state index contributed by atoms with van der Waals surface area (Å²) in [6.45, 7) is 6.66. The Morgan fingerprint density at radius 3 is 2.05 bits per heavy atom. The van der Waals surface area contributed by atoms with E-state index in [2.05, 4.69) is 79.8 Å². The first-order chi connectivity index (χ1) is 10.1. The van der Waals surface area contributed by atoms with Crippen LogP contribution in [0.25, 0.3) is 0 Å². The van der Waals surface area contributed by atoms with Gasteiger partial charge in [-0.15, -0.1) is 0 Å². The molecule has 0 aliphatic heterocycles. The lowest BCUT2D eigenvalue weighted by atomic mass is 9.87. The van der Waals surface area contributed by atoms with Gasteiger partial charge in [-0.2, -0.15) is 0 Å². The van der Waals surface area contributed by atoms with Crippen LogP contribution in [0.1, 0.15) is 54.6 Å². The SMILES string of the molecule is CCc1cc(CC)c(C(N)c2cccc(I)c2)c(CC)c1. The van der Waals surface area contributed by atoms with Crippen molar-refractivity contribution < 1.29 is 0 Å². The van der Waals surface area contributed by atoms with Gasteiger partial charge in [-0.1, -0.05) is 45.0 Å². The highest BCUT2D eigenvalue weighted by atomic mass is 127. The molecule has 0 spiro atoms. The molecule has 0 aromatic heterocycles. The molecule has 0 heterocycles. The molecule has 1 nitrogen and oxygen atoms in total. The van der Waals surface area contributed by atoms with E-state index in [1.54, 1.807) is 0 Å². The molecule has 1 unspecified atom stereocenters. The Balaban J connectivity index is 2.55. The molecule has 2 rings (SSSR count). The first kappa shape index (κ1) is 16.5. The van der Waals surface area contributed by atoms with Crippen LogP contribution in [-0.4, -0.2) is 0 Å². The number of benzene rings is 2. The minimum Gasteiger partial charge on any atom is -0.320 e. The van der Waals surface area contributed by atoms with E-state index in [-0.39, 0.29) is 6.04 Å². The molecule has 2 aromatic rings. The Bertz CT molecular complexity index is 594. The van der Waals surface area contributed by atoms with Gasteiger partial charge in [0.1, 0.15) is 0 Å². The Kier molecular flexibility index (Phi) is 5.82. The molecule has 2 aromatic carbocycles. The van der Waals surface area contributed by atoms with Gasteiger partial charge >= 0.3 is 0 Å². The Morgan fingerprint density at radius 2 is 1.57 bits per heavy atom. The number of aryl methyl sites for hydroxylation is 3. The third-order valence-electron chi connectivity index (χ3n) is 4.10. The van der Waals surface area contributed by atoms with Crippen molar-refractivity contribution in [3.63, 3.8) is 0 Å². The van der Waals surface area contributed by atoms with Crippen LogP contribution in [0.3, 0.4) is 0 Å². The number of hydrogen-bond acceptors (Lipinski definition) is 1. The summed E-state index contributed by atoms with van der Waals surface area (Å²) in [6, 6.07) is 13.2. The number of hydrogen-bond donors (Lipinski definition) is 1. The first-order valence-electron chi connectivity index (χ1n) is 7.76. The van der Waals surface area contributed by atoms with Crippen molar-refractivity contribution in [1.82, 2.24) is 0 Å². The fraction of sp³-hybridized carbons (Fsp3) is 0.368. The zero-order chi connectivity index (χ0) is 15.4. The van der Waals surface area contributed by atoms with Crippen molar-refractivity contribution in [3.05, 3.63) is 67.8 Å². The summed E-state index contributed by atoms with van der Waals surface area (Å²) < 4.78 is 1.24. The van der Waals surface area contributed by atoms with E-state index < -0.39 is 0 Å². The predicted molar refractivity (Wildman–Crippen MR) is 99.8 cm³/mol. The van der Waals surface area contributed by atoms with Crippen LogP contribution in [0.15, 0.2) is 36.4 Å². The Hall–Kier alpha value is -0.870. The summed E-state index contributed by atoms with van der Waals surface area (Å²) in [5.74, 6) is 0. The van der Waals surface area contributed by atoms with E-state index in [4.69, 9.17) is 5.73 Å². The Labute approximate surface area is 142 Å². The molecular weight excluding hydrogens is 369 g/mol. The summed E-state index contributed by atoms with van der Waals surface area (Å²) in [6.07, 6.45) is 3.15. The minimum atomic E-state index is -0.0319. The van der Waals surface area contributed by atoms with E-state index in [1.165, 1.54) is 31.4 Å². The van der Waals surface area contributed by atoms with E-state index >= 15 is 0 Å². The highest BCUT2D eigenvalue weighted by molar-refractivity contribution is 14.1. The first-order valence-corrected chi connectivity index (χ1v) is 8.84. The van der Waals surface area contributed by atoms with Crippen LogP contribution >= 0.6 is 22.6 Å². The smallest absolute Gasteiger partial charge is 0.0557 e. The molecule has 2 heteroatoms. The highest BCUT2D eigenvalue weighted by Crippen LogP contribution is 2.29. The van der Waals surface area contributed by atoms with Gasteiger partial charge in [0.15, 0.2) is 0 Å². The van der Waals surface area contributed by atoms with Crippen molar-refractivity contribution >= 4 is 22.6 Å². The van der Waals surface area contributed by atoms with Gasteiger partial charge in [-0.25, -0.2) is 0 Å².